The molecule has 0 aromatic carbocycles. The van der Waals surface area contributed by atoms with Crippen molar-refractivity contribution in [2.75, 3.05) is 57.9 Å². The summed E-state index contributed by atoms with van der Waals surface area (Å²) in [5.74, 6) is 0.302. The number of carbonyl (C=O) groups excluding carboxylic acids is 2. The van der Waals surface area contributed by atoms with Crippen LogP contribution in [0.2, 0.25) is 0 Å². The van der Waals surface area contributed by atoms with Crippen LogP contribution in [0.15, 0.2) is 0 Å². The highest BCUT2D eigenvalue weighted by Gasteiger charge is 2.54. The van der Waals surface area contributed by atoms with Crippen molar-refractivity contribution < 1.29 is 24.2 Å². The number of carbonyl (C=O) groups is 2. The Morgan fingerprint density at radius 3 is 1.83 bits per heavy atom. The Hall–Kier alpha value is -0.710. The lowest BCUT2D eigenvalue weighted by Crippen LogP contribution is -2.52. The van der Waals surface area contributed by atoms with Crippen molar-refractivity contribution >= 4 is 19.9 Å². The van der Waals surface area contributed by atoms with Crippen LogP contribution in [0, 0.1) is 22.2 Å². The number of fused-ring (bicyclic) bond motifs is 2. The largest absolute Gasteiger partial charge is 0.465 e. The van der Waals surface area contributed by atoms with E-state index in [1.54, 1.807) is 0 Å². The van der Waals surface area contributed by atoms with Gasteiger partial charge in [-0.1, -0.05) is 80.1 Å². The third-order valence-corrected chi connectivity index (χ3v) is 13.0. The maximum atomic E-state index is 13.0. The molecule has 0 amide bonds. The minimum atomic E-state index is -0.324. The summed E-state index contributed by atoms with van der Waals surface area (Å²) in [6, 6.07) is 0. The molecular formula is C34H64NO5P. The first-order valence-electron chi connectivity index (χ1n) is 16.9. The molecule has 7 heteroatoms. The smallest absolute Gasteiger partial charge is 0.306 e. The molecule has 0 spiro atoms. The number of esters is 2. The molecule has 2 rings (SSSR count). The van der Waals surface area contributed by atoms with Crippen molar-refractivity contribution in [2.24, 2.45) is 22.2 Å². The number of rotatable bonds is 21. The summed E-state index contributed by atoms with van der Waals surface area (Å²) in [4.78, 5) is 27.8. The van der Waals surface area contributed by atoms with E-state index in [-0.39, 0.29) is 42.7 Å². The van der Waals surface area contributed by atoms with E-state index in [1.807, 2.05) is 0 Å². The fourth-order valence-electron chi connectivity index (χ4n) is 7.75. The fourth-order valence-corrected chi connectivity index (χ4v) is 11.9. The first-order chi connectivity index (χ1) is 19.5. The summed E-state index contributed by atoms with van der Waals surface area (Å²) in [7, 11) is -0.324. The van der Waals surface area contributed by atoms with Gasteiger partial charge in [0.15, 0.2) is 0 Å². The van der Waals surface area contributed by atoms with Crippen LogP contribution in [0.4, 0.5) is 0 Å². The van der Waals surface area contributed by atoms with E-state index in [0.717, 1.165) is 70.2 Å². The number of aliphatic hydroxyl groups excluding tert-OH is 1. The quantitative estimate of drug-likeness (QED) is 0.0832. The Morgan fingerprint density at radius 1 is 0.805 bits per heavy atom. The van der Waals surface area contributed by atoms with E-state index in [2.05, 4.69) is 46.4 Å². The zero-order chi connectivity index (χ0) is 30.4. The molecule has 240 valence electrons. The molecule has 2 aliphatic heterocycles. The molecule has 2 saturated heterocycles. The number of hydrogen-bond donors (Lipinski definition) is 1. The van der Waals surface area contributed by atoms with E-state index in [0.29, 0.717) is 32.0 Å². The van der Waals surface area contributed by atoms with E-state index < -0.39 is 0 Å². The highest BCUT2D eigenvalue weighted by atomic mass is 31.1. The van der Waals surface area contributed by atoms with Crippen LogP contribution < -0.4 is 0 Å². The van der Waals surface area contributed by atoms with Crippen molar-refractivity contribution in [3.63, 3.8) is 0 Å². The summed E-state index contributed by atoms with van der Waals surface area (Å²) >= 11 is 0. The van der Waals surface area contributed by atoms with Crippen LogP contribution >= 0.6 is 7.92 Å². The summed E-state index contributed by atoms with van der Waals surface area (Å²) in [6.45, 7) is 17.3. The van der Waals surface area contributed by atoms with Crippen LogP contribution in [-0.4, -0.2) is 79.9 Å². The van der Waals surface area contributed by atoms with Gasteiger partial charge in [0.2, 0.25) is 0 Å². The normalized spacial score (nSPS) is 27.8. The van der Waals surface area contributed by atoms with Gasteiger partial charge in [-0.2, -0.15) is 0 Å². The molecular weight excluding hydrogens is 533 g/mol. The molecule has 2 heterocycles. The van der Waals surface area contributed by atoms with Crippen LogP contribution in [-0.2, 0) is 19.1 Å². The summed E-state index contributed by atoms with van der Waals surface area (Å²) in [6.07, 6.45) is 16.3. The number of unbranched alkanes of at least 4 members (excludes halogenated alkanes) is 4. The molecule has 2 bridgehead atoms. The molecule has 0 radical (unpaired) electrons. The second kappa shape index (κ2) is 18.2. The lowest BCUT2D eigenvalue weighted by atomic mass is 9.66. The number of ether oxygens (including phenoxy) is 2. The summed E-state index contributed by atoms with van der Waals surface area (Å²) in [5, 5.41) is 10.6. The van der Waals surface area contributed by atoms with Crippen molar-refractivity contribution in [2.45, 2.75) is 125 Å². The third-order valence-electron chi connectivity index (χ3n) is 9.51. The monoisotopic (exact) mass is 597 g/mol. The number of nitrogens with zero attached hydrogens (tertiary/aromatic N) is 1. The highest BCUT2D eigenvalue weighted by Crippen LogP contribution is 2.65. The Balaban J connectivity index is 1.89. The van der Waals surface area contributed by atoms with Gasteiger partial charge in [-0.05, 0) is 81.6 Å². The van der Waals surface area contributed by atoms with E-state index in [4.69, 9.17) is 9.47 Å². The minimum absolute atomic E-state index is 0.0384. The Morgan fingerprint density at radius 2 is 1.34 bits per heavy atom. The highest BCUT2D eigenvalue weighted by molar-refractivity contribution is 7.58. The van der Waals surface area contributed by atoms with Crippen molar-refractivity contribution in [3.05, 3.63) is 0 Å². The Kier molecular flexibility index (Phi) is 16.2. The average molecular weight is 598 g/mol. The van der Waals surface area contributed by atoms with Crippen LogP contribution in [0.1, 0.15) is 125 Å². The SMILES string of the molecule is CCCCCC(CCCCC)CC(=O)OCC1(C)CP2CC(C)(COC(=O)CCCN(CC)CC)CC(CO)(C2)C1. The average Bonchev–Trinajstić information content (AvgIpc) is 2.92. The Labute approximate surface area is 253 Å². The van der Waals surface area contributed by atoms with Gasteiger partial charge in [0, 0.05) is 30.3 Å². The van der Waals surface area contributed by atoms with Gasteiger partial charge in [0.05, 0.1) is 13.2 Å². The predicted octanol–water partition coefficient (Wildman–Crippen LogP) is 7.64. The van der Waals surface area contributed by atoms with Crippen molar-refractivity contribution in [3.8, 4) is 0 Å². The molecule has 2 aliphatic rings. The lowest BCUT2D eigenvalue weighted by molar-refractivity contribution is -0.149. The summed E-state index contributed by atoms with van der Waals surface area (Å²) < 4.78 is 11.8. The fraction of sp³-hybridized carbons (Fsp3) is 0.941. The maximum Gasteiger partial charge on any atom is 0.306 e. The van der Waals surface area contributed by atoms with Crippen LogP contribution in [0.25, 0.3) is 0 Å². The van der Waals surface area contributed by atoms with Gasteiger partial charge in [-0.25, -0.2) is 0 Å². The van der Waals surface area contributed by atoms with Gasteiger partial charge in [0.25, 0.3) is 0 Å². The summed E-state index contributed by atoms with van der Waals surface area (Å²) in [5.41, 5.74) is -0.357. The zero-order valence-corrected chi connectivity index (χ0v) is 28.5. The molecule has 0 aromatic heterocycles. The molecule has 2 fully saturated rings. The standard InChI is InChI=1S/C34H64NO5P/c1-7-11-13-16-29(17-14-12-8-2)20-31(38)40-25-33(6)22-34(23-36)21-32(5,26-41(27-33)28-34)24-39-30(37)18-15-19-35(9-3)10-4/h29,36H,7-28H2,1-6H3. The third kappa shape index (κ3) is 12.8. The van der Waals surface area contributed by atoms with Crippen LogP contribution in [0.3, 0.4) is 0 Å². The van der Waals surface area contributed by atoms with Crippen LogP contribution in [0.5, 0.6) is 0 Å². The van der Waals surface area contributed by atoms with E-state index in [1.165, 1.54) is 38.5 Å². The molecule has 41 heavy (non-hydrogen) atoms. The topological polar surface area (TPSA) is 76.1 Å². The molecule has 0 saturated carbocycles. The molecule has 6 nitrogen and oxygen atoms in total. The Bertz CT molecular complexity index is 766. The van der Waals surface area contributed by atoms with Gasteiger partial charge in [0.1, 0.15) is 0 Å². The molecule has 0 aliphatic carbocycles. The van der Waals surface area contributed by atoms with Gasteiger partial charge < -0.3 is 19.5 Å². The first-order valence-corrected chi connectivity index (χ1v) is 18.8. The maximum absolute atomic E-state index is 13.0. The van der Waals surface area contributed by atoms with Gasteiger partial charge in [-0.15, -0.1) is 7.92 Å². The molecule has 4 atom stereocenters. The van der Waals surface area contributed by atoms with E-state index in [9.17, 15) is 14.7 Å². The first kappa shape index (κ1) is 36.5. The minimum Gasteiger partial charge on any atom is -0.465 e. The second-order valence-electron chi connectivity index (χ2n) is 14.3. The predicted molar refractivity (Wildman–Crippen MR) is 172 cm³/mol. The van der Waals surface area contributed by atoms with Gasteiger partial charge in [-0.3, -0.25) is 9.59 Å². The molecule has 4 unspecified atom stereocenters. The van der Waals surface area contributed by atoms with Crippen molar-refractivity contribution in [1.82, 2.24) is 4.90 Å². The second-order valence-corrected chi connectivity index (χ2v) is 16.6. The van der Waals surface area contributed by atoms with Gasteiger partial charge >= 0.3 is 11.9 Å². The van der Waals surface area contributed by atoms with Crippen molar-refractivity contribution in [1.29, 1.82) is 0 Å². The molecule has 0 aromatic rings. The van der Waals surface area contributed by atoms with E-state index >= 15 is 0 Å². The zero-order valence-electron chi connectivity index (χ0n) is 27.6. The number of hydrogen-bond acceptors (Lipinski definition) is 6. The lowest BCUT2D eigenvalue weighted by Gasteiger charge is -2.57. The molecule has 1 N–H and O–H groups in total. The number of aliphatic hydroxyl groups is 1.